The van der Waals surface area contributed by atoms with Crippen molar-refractivity contribution < 1.29 is 4.74 Å². The molecule has 1 heterocycles. The molecule has 0 aromatic carbocycles. The first-order valence-electron chi connectivity index (χ1n) is 4.43. The molecule has 1 aliphatic carbocycles. The lowest BCUT2D eigenvalue weighted by Gasteiger charge is -2.09. The predicted octanol–water partition coefficient (Wildman–Crippen LogP) is 1.50. The first kappa shape index (κ1) is 9.12. The molecule has 0 atom stereocenters. The number of nitrogens with one attached hydrogen (secondary N) is 1. The lowest BCUT2D eigenvalue weighted by Crippen LogP contribution is -2.24. The molecule has 1 aromatic rings. The third-order valence-corrected chi connectivity index (χ3v) is 3.36. The Balaban J connectivity index is 2.13. The van der Waals surface area contributed by atoms with Gasteiger partial charge in [0.25, 0.3) is 0 Å². The van der Waals surface area contributed by atoms with Crippen LogP contribution in [0.15, 0.2) is 5.38 Å². The van der Waals surface area contributed by atoms with E-state index in [1.165, 1.54) is 18.5 Å². The molecule has 1 saturated carbocycles. The highest BCUT2D eigenvalue weighted by molar-refractivity contribution is 7.09. The summed E-state index contributed by atoms with van der Waals surface area (Å²) in [4.78, 5) is 4.54. The summed E-state index contributed by atoms with van der Waals surface area (Å²) in [7, 11) is 3.70. The van der Waals surface area contributed by atoms with Crippen LogP contribution in [0.3, 0.4) is 0 Å². The van der Waals surface area contributed by atoms with Gasteiger partial charge < -0.3 is 10.1 Å². The maximum atomic E-state index is 5.04. The van der Waals surface area contributed by atoms with Gasteiger partial charge in [0, 0.05) is 12.5 Å². The molecule has 0 spiro atoms. The highest BCUT2D eigenvalue weighted by Crippen LogP contribution is 2.45. The van der Waals surface area contributed by atoms with Gasteiger partial charge in [0.2, 0.25) is 0 Å². The fourth-order valence-electron chi connectivity index (χ4n) is 1.48. The van der Waals surface area contributed by atoms with Crippen molar-refractivity contribution in [2.75, 3.05) is 14.2 Å². The van der Waals surface area contributed by atoms with Gasteiger partial charge in [-0.2, -0.15) is 0 Å². The second-order valence-corrected chi connectivity index (χ2v) is 4.33. The lowest BCUT2D eigenvalue weighted by atomic mass is 10.2. The molecule has 0 aliphatic heterocycles. The van der Waals surface area contributed by atoms with Gasteiger partial charge in [0.15, 0.2) is 0 Å². The van der Waals surface area contributed by atoms with Gasteiger partial charge in [-0.3, -0.25) is 0 Å². The minimum Gasteiger partial charge on any atom is -0.378 e. The molecule has 0 saturated heterocycles. The van der Waals surface area contributed by atoms with Crippen molar-refractivity contribution in [2.24, 2.45) is 0 Å². The predicted molar refractivity (Wildman–Crippen MR) is 52.8 cm³/mol. The number of methoxy groups -OCH3 is 1. The van der Waals surface area contributed by atoms with Crippen LogP contribution in [0.5, 0.6) is 0 Å². The number of rotatable bonds is 4. The van der Waals surface area contributed by atoms with Crippen LogP contribution < -0.4 is 5.32 Å². The van der Waals surface area contributed by atoms with E-state index in [0.717, 1.165) is 5.01 Å². The lowest BCUT2D eigenvalue weighted by molar-refractivity contribution is 0.184. The molecule has 1 fully saturated rings. The zero-order valence-corrected chi connectivity index (χ0v) is 8.78. The quantitative estimate of drug-likeness (QED) is 0.796. The molecule has 0 radical (unpaired) electrons. The molecule has 13 heavy (non-hydrogen) atoms. The molecule has 1 aliphatic rings. The first-order valence-corrected chi connectivity index (χ1v) is 5.31. The summed E-state index contributed by atoms with van der Waals surface area (Å²) in [6, 6.07) is 0. The third-order valence-electron chi connectivity index (χ3n) is 2.54. The molecule has 1 aromatic heterocycles. The van der Waals surface area contributed by atoms with Crippen LogP contribution in [0.4, 0.5) is 0 Å². The summed E-state index contributed by atoms with van der Waals surface area (Å²) in [5.74, 6) is 0. The Kier molecular flexibility index (Phi) is 2.36. The fourth-order valence-corrected chi connectivity index (χ4v) is 2.34. The van der Waals surface area contributed by atoms with E-state index in [2.05, 4.69) is 15.7 Å². The molecule has 0 unspecified atom stereocenters. The highest BCUT2D eigenvalue weighted by atomic mass is 32.1. The Morgan fingerprint density at radius 1 is 1.69 bits per heavy atom. The van der Waals surface area contributed by atoms with Crippen LogP contribution in [0, 0.1) is 0 Å². The van der Waals surface area contributed by atoms with E-state index in [9.17, 15) is 0 Å². The largest absolute Gasteiger partial charge is 0.378 e. The molecule has 2 rings (SSSR count). The number of hydrogen-bond donors (Lipinski definition) is 1. The van der Waals surface area contributed by atoms with Gasteiger partial charge in [-0.1, -0.05) is 0 Å². The van der Waals surface area contributed by atoms with Crippen molar-refractivity contribution in [3.8, 4) is 0 Å². The van der Waals surface area contributed by atoms with Crippen molar-refractivity contribution in [1.29, 1.82) is 0 Å². The highest BCUT2D eigenvalue weighted by Gasteiger charge is 2.44. The van der Waals surface area contributed by atoms with E-state index in [1.807, 2.05) is 7.05 Å². The van der Waals surface area contributed by atoms with Gasteiger partial charge >= 0.3 is 0 Å². The second kappa shape index (κ2) is 3.36. The summed E-state index contributed by atoms with van der Waals surface area (Å²) >= 11 is 1.68. The number of aromatic nitrogens is 1. The molecule has 1 N–H and O–H groups in total. The van der Waals surface area contributed by atoms with E-state index in [1.54, 1.807) is 18.4 Å². The minimum atomic E-state index is 0.197. The first-order chi connectivity index (χ1) is 6.30. The Morgan fingerprint density at radius 2 is 2.46 bits per heavy atom. The molecule has 4 heteroatoms. The van der Waals surface area contributed by atoms with E-state index in [0.29, 0.717) is 6.61 Å². The van der Waals surface area contributed by atoms with E-state index >= 15 is 0 Å². The summed E-state index contributed by atoms with van der Waals surface area (Å²) in [5, 5.41) is 6.53. The smallest absolute Gasteiger partial charge is 0.119 e. The Bertz CT molecular complexity index is 294. The van der Waals surface area contributed by atoms with Crippen LogP contribution in [-0.2, 0) is 16.9 Å². The zero-order chi connectivity index (χ0) is 9.31. The Morgan fingerprint density at radius 3 is 3.00 bits per heavy atom. The number of ether oxygens (including phenoxy) is 1. The average Bonchev–Trinajstić information content (AvgIpc) is 2.82. The van der Waals surface area contributed by atoms with Gasteiger partial charge in [-0.05, 0) is 19.9 Å². The molecule has 0 bridgehead atoms. The monoisotopic (exact) mass is 198 g/mol. The van der Waals surface area contributed by atoms with Crippen LogP contribution in [0.1, 0.15) is 23.5 Å². The summed E-state index contributed by atoms with van der Waals surface area (Å²) < 4.78 is 5.04. The Labute approximate surface area is 82.1 Å². The van der Waals surface area contributed by atoms with Crippen LogP contribution in [-0.4, -0.2) is 19.1 Å². The van der Waals surface area contributed by atoms with Gasteiger partial charge in [-0.25, -0.2) is 4.98 Å². The van der Waals surface area contributed by atoms with Crippen molar-refractivity contribution in [3.05, 3.63) is 16.1 Å². The van der Waals surface area contributed by atoms with Gasteiger partial charge in [-0.15, -0.1) is 11.3 Å². The second-order valence-electron chi connectivity index (χ2n) is 3.39. The number of nitrogens with zero attached hydrogens (tertiary/aromatic N) is 1. The van der Waals surface area contributed by atoms with Crippen LogP contribution >= 0.6 is 11.3 Å². The standard InChI is InChI=1S/C9H14N2OS/c1-10-9(3-4-9)7-6-13-8(11-7)5-12-2/h6,10H,3-5H2,1-2H3. The maximum Gasteiger partial charge on any atom is 0.119 e. The van der Waals surface area contributed by atoms with Crippen LogP contribution in [0.25, 0.3) is 0 Å². The summed E-state index contributed by atoms with van der Waals surface area (Å²) in [6.07, 6.45) is 2.42. The third kappa shape index (κ3) is 1.61. The van der Waals surface area contributed by atoms with E-state index in [-0.39, 0.29) is 5.54 Å². The van der Waals surface area contributed by atoms with E-state index < -0.39 is 0 Å². The topological polar surface area (TPSA) is 34.1 Å². The zero-order valence-electron chi connectivity index (χ0n) is 7.96. The average molecular weight is 198 g/mol. The molecule has 0 amide bonds. The van der Waals surface area contributed by atoms with Crippen molar-refractivity contribution in [1.82, 2.24) is 10.3 Å². The normalized spacial score (nSPS) is 18.9. The summed E-state index contributed by atoms with van der Waals surface area (Å²) in [6.45, 7) is 0.629. The fraction of sp³-hybridized carbons (Fsp3) is 0.667. The van der Waals surface area contributed by atoms with E-state index in [4.69, 9.17) is 4.74 Å². The van der Waals surface area contributed by atoms with Crippen molar-refractivity contribution in [2.45, 2.75) is 25.0 Å². The Hall–Kier alpha value is -0.450. The number of thiazole rings is 1. The number of hydrogen-bond acceptors (Lipinski definition) is 4. The molecule has 3 nitrogen and oxygen atoms in total. The minimum absolute atomic E-state index is 0.197. The van der Waals surface area contributed by atoms with Gasteiger partial charge in [0.05, 0.1) is 17.8 Å². The maximum absolute atomic E-state index is 5.04. The van der Waals surface area contributed by atoms with Crippen molar-refractivity contribution in [3.63, 3.8) is 0 Å². The summed E-state index contributed by atoms with van der Waals surface area (Å²) in [5.41, 5.74) is 1.38. The van der Waals surface area contributed by atoms with Gasteiger partial charge in [0.1, 0.15) is 5.01 Å². The molecule has 72 valence electrons. The molecular formula is C9H14N2OS. The van der Waals surface area contributed by atoms with Crippen LogP contribution in [0.2, 0.25) is 0 Å². The van der Waals surface area contributed by atoms with Crippen molar-refractivity contribution >= 4 is 11.3 Å². The molecular weight excluding hydrogens is 184 g/mol. The SMILES string of the molecule is CNC1(c2csc(COC)n2)CC1.